The summed E-state index contributed by atoms with van der Waals surface area (Å²) in [5.41, 5.74) is -0.531. The van der Waals surface area contributed by atoms with E-state index in [1.165, 1.54) is 34.9 Å². The average Bonchev–Trinajstić information content (AvgIpc) is 2.90. The van der Waals surface area contributed by atoms with Crippen LogP contribution in [0.25, 0.3) is 11.0 Å². The van der Waals surface area contributed by atoms with Gasteiger partial charge in [-0.3, -0.25) is 14.4 Å². The summed E-state index contributed by atoms with van der Waals surface area (Å²) in [4.78, 5) is 45.4. The first-order valence-corrected chi connectivity index (χ1v) is 14.3. The highest BCUT2D eigenvalue weighted by molar-refractivity contribution is 7.98. The van der Waals surface area contributed by atoms with Crippen LogP contribution in [0.4, 0.5) is 24.5 Å². The van der Waals surface area contributed by atoms with Gasteiger partial charge in [-0.25, -0.2) is 4.98 Å². The molecule has 0 aliphatic carbocycles. The quantitative estimate of drug-likeness (QED) is 0.287. The van der Waals surface area contributed by atoms with Crippen LogP contribution < -0.4 is 15.8 Å². The molecule has 1 aromatic heterocycles. The molecule has 0 unspecified atom stereocenters. The molecule has 0 saturated carbocycles. The largest absolute Gasteiger partial charge is 0.438 e. The molecule has 3 aromatic carbocycles. The number of fused-ring (bicyclic) bond motifs is 3. The van der Waals surface area contributed by atoms with Gasteiger partial charge in [0.15, 0.2) is 0 Å². The number of carbonyl (C=O) groups excluding carboxylic acids is 2. The molecule has 0 fully saturated rings. The van der Waals surface area contributed by atoms with E-state index >= 15 is 0 Å². The summed E-state index contributed by atoms with van der Waals surface area (Å²) in [6.07, 6.45) is -3.05. The van der Waals surface area contributed by atoms with Crippen LogP contribution in [0.2, 0.25) is 5.02 Å². The van der Waals surface area contributed by atoms with E-state index in [0.717, 1.165) is 4.57 Å². The van der Waals surface area contributed by atoms with Crippen molar-refractivity contribution in [3.63, 3.8) is 0 Å². The summed E-state index contributed by atoms with van der Waals surface area (Å²) in [7, 11) is 0. The number of rotatable bonds is 5. The summed E-state index contributed by atoms with van der Waals surface area (Å²) in [6, 6.07) is 13.8. The van der Waals surface area contributed by atoms with Gasteiger partial charge < -0.3 is 14.8 Å². The van der Waals surface area contributed by atoms with Crippen molar-refractivity contribution in [1.82, 2.24) is 9.55 Å². The summed E-state index contributed by atoms with van der Waals surface area (Å²) in [5.74, 6) is -0.461. The first-order chi connectivity index (χ1) is 19.4. The van der Waals surface area contributed by atoms with Crippen molar-refractivity contribution in [2.75, 3.05) is 22.2 Å². The van der Waals surface area contributed by atoms with Crippen LogP contribution in [-0.2, 0) is 12.7 Å². The van der Waals surface area contributed by atoms with Crippen molar-refractivity contribution in [2.24, 2.45) is 0 Å². The third kappa shape index (κ3) is 5.31. The van der Waals surface area contributed by atoms with Crippen LogP contribution in [0.5, 0.6) is 0 Å². The smallest absolute Gasteiger partial charge is 0.320 e. The molecule has 0 bridgehead atoms. The van der Waals surface area contributed by atoms with Gasteiger partial charge >= 0.3 is 6.18 Å². The lowest BCUT2D eigenvalue weighted by atomic mass is 10.0. The van der Waals surface area contributed by atoms with Crippen LogP contribution in [0.3, 0.4) is 0 Å². The maximum absolute atomic E-state index is 14.0. The van der Waals surface area contributed by atoms with Crippen molar-refractivity contribution >= 4 is 57.6 Å². The lowest BCUT2D eigenvalue weighted by Gasteiger charge is -2.33. The Bertz CT molecular complexity index is 1770. The number of nitrogens with one attached hydrogen (secondary N) is 1. The highest BCUT2D eigenvalue weighted by Crippen LogP contribution is 2.36. The molecule has 2 heterocycles. The highest BCUT2D eigenvalue weighted by Gasteiger charge is 2.38. The lowest BCUT2D eigenvalue weighted by molar-refractivity contribution is -0.142. The first-order valence-electron chi connectivity index (χ1n) is 12.5. The Morgan fingerprint density at radius 1 is 1.07 bits per heavy atom. The molecular weight excluding hydrogens is 577 g/mol. The van der Waals surface area contributed by atoms with Gasteiger partial charge in [-0.15, -0.1) is 0 Å². The van der Waals surface area contributed by atoms with E-state index in [9.17, 15) is 27.6 Å². The summed E-state index contributed by atoms with van der Waals surface area (Å²) >= 11 is 7.93. The molecule has 2 amide bonds. The molecule has 4 aromatic rings. The van der Waals surface area contributed by atoms with E-state index in [0.29, 0.717) is 28.3 Å². The predicted molar refractivity (Wildman–Crippen MR) is 155 cm³/mol. The maximum atomic E-state index is 14.0. The molecule has 1 N–H and O–H groups in total. The Hall–Kier alpha value is -3.83. The van der Waals surface area contributed by atoms with Crippen molar-refractivity contribution in [3.8, 4) is 0 Å². The molecule has 0 spiro atoms. The summed E-state index contributed by atoms with van der Waals surface area (Å²) < 4.78 is 42.4. The number of thioether (sulfide) groups is 1. The van der Waals surface area contributed by atoms with E-state index in [2.05, 4.69) is 10.3 Å². The predicted octanol–water partition coefficient (Wildman–Crippen LogP) is 6.39. The zero-order valence-electron chi connectivity index (χ0n) is 22.2. The van der Waals surface area contributed by atoms with Gasteiger partial charge in [-0.1, -0.05) is 29.8 Å². The second kappa shape index (κ2) is 10.9. The Morgan fingerprint density at radius 3 is 2.54 bits per heavy atom. The van der Waals surface area contributed by atoms with Crippen LogP contribution in [0.15, 0.2) is 59.4 Å². The number of hydrogen-bond donors (Lipinski definition) is 1. The molecule has 5 rings (SSSR count). The van der Waals surface area contributed by atoms with E-state index in [1.54, 1.807) is 43.3 Å². The van der Waals surface area contributed by atoms with Crippen molar-refractivity contribution in [2.45, 2.75) is 32.6 Å². The fourth-order valence-electron chi connectivity index (χ4n) is 4.97. The molecule has 1 atom stereocenters. The molecule has 0 radical (unpaired) electrons. The minimum atomic E-state index is -4.95. The van der Waals surface area contributed by atoms with Gasteiger partial charge in [0.1, 0.15) is 0 Å². The molecule has 7 nitrogen and oxygen atoms in total. The number of alkyl halides is 3. The van der Waals surface area contributed by atoms with Gasteiger partial charge in [0.25, 0.3) is 17.4 Å². The number of hydrogen-bond acceptors (Lipinski definition) is 5. The summed E-state index contributed by atoms with van der Waals surface area (Å²) in [5, 5.41) is 2.95. The number of benzene rings is 3. The second-order valence-electron chi connectivity index (χ2n) is 9.79. The maximum Gasteiger partial charge on any atom is 0.438 e. The first kappa shape index (κ1) is 28.7. The Labute approximate surface area is 242 Å². The third-order valence-corrected chi connectivity index (χ3v) is 7.95. The number of anilines is 2. The molecular formula is C29H24ClF3N4O3S. The third-order valence-electron chi connectivity index (χ3n) is 6.82. The Morgan fingerprint density at radius 2 is 1.83 bits per heavy atom. The van der Waals surface area contributed by atoms with Crippen molar-refractivity contribution < 1.29 is 22.8 Å². The summed E-state index contributed by atoms with van der Waals surface area (Å²) in [6.45, 7) is 3.34. The highest BCUT2D eigenvalue weighted by atomic mass is 35.5. The van der Waals surface area contributed by atoms with Gasteiger partial charge in [0.2, 0.25) is 5.69 Å². The average molecular weight is 601 g/mol. The second-order valence-corrected chi connectivity index (χ2v) is 11.1. The fraction of sp³-hybridized carbons (Fsp3) is 0.241. The van der Waals surface area contributed by atoms with Gasteiger partial charge in [-0.05, 0) is 67.6 Å². The minimum Gasteiger partial charge on any atom is -0.320 e. The number of aromatic nitrogens is 2. The van der Waals surface area contributed by atoms with Crippen LogP contribution in [0, 0.1) is 6.92 Å². The number of nitrogens with zero attached hydrogens (tertiary/aromatic N) is 3. The van der Waals surface area contributed by atoms with Crippen LogP contribution in [0.1, 0.15) is 44.5 Å². The minimum absolute atomic E-state index is 0.0343. The topological polar surface area (TPSA) is 84.3 Å². The molecule has 12 heteroatoms. The van der Waals surface area contributed by atoms with E-state index in [4.69, 9.17) is 11.6 Å². The number of amides is 2. The van der Waals surface area contributed by atoms with Crippen molar-refractivity contribution in [3.05, 3.63) is 97.9 Å². The molecule has 41 heavy (non-hydrogen) atoms. The number of aryl methyl sites for hydroxylation is 1. The van der Waals surface area contributed by atoms with Gasteiger partial charge in [0.05, 0.1) is 45.1 Å². The Kier molecular flexibility index (Phi) is 7.60. The van der Waals surface area contributed by atoms with Gasteiger partial charge in [0, 0.05) is 11.8 Å². The zero-order chi connectivity index (χ0) is 29.6. The van der Waals surface area contributed by atoms with Crippen LogP contribution >= 0.6 is 23.4 Å². The molecule has 0 saturated heterocycles. The van der Waals surface area contributed by atoms with E-state index in [-0.39, 0.29) is 39.8 Å². The molecule has 1 aliphatic rings. The molecule has 1 aliphatic heterocycles. The van der Waals surface area contributed by atoms with Crippen LogP contribution in [-0.4, -0.2) is 39.4 Å². The SMILES string of the molecule is CSC[C@H](C)N1C(=O)c2c(Cl)cccc2C(=O)Nc2ccc(Cn3c(=O)c(C(F)(F)F)nc4cc(C)ccc43)cc21. The van der Waals surface area contributed by atoms with E-state index < -0.39 is 29.2 Å². The van der Waals surface area contributed by atoms with E-state index in [1.807, 2.05) is 13.2 Å². The van der Waals surface area contributed by atoms with Crippen molar-refractivity contribution in [1.29, 1.82) is 0 Å². The standard InChI is InChI=1S/C29H24ClF3N4O3S/c1-15-7-10-22-21(11-15)34-25(29(31,32)33)28(40)36(22)13-17-8-9-20-23(12-17)37(16(2)14-41-3)27(39)24-18(26(38)35-20)5-4-6-19(24)30/h4-12,16H,13-14H2,1-3H3,(H,35,38)/t16-/m0/s1. The zero-order valence-corrected chi connectivity index (χ0v) is 23.7. The normalized spacial score (nSPS) is 14.3. The lowest BCUT2D eigenvalue weighted by Crippen LogP contribution is -2.43. The van der Waals surface area contributed by atoms with Gasteiger partial charge in [-0.2, -0.15) is 24.9 Å². The fourth-order valence-corrected chi connectivity index (χ4v) is 5.85. The Balaban J connectivity index is 1.69. The number of carbonyl (C=O) groups is 2. The molecule has 212 valence electrons. The number of halogens is 4. The monoisotopic (exact) mass is 600 g/mol.